The lowest BCUT2D eigenvalue weighted by Gasteiger charge is -2.20. The first-order valence-electron chi connectivity index (χ1n) is 4.26. The molecule has 1 heterocycles. The van der Waals surface area contributed by atoms with Gasteiger partial charge in [0, 0.05) is 11.7 Å². The summed E-state index contributed by atoms with van der Waals surface area (Å²) in [5.41, 5.74) is -0.0752. The number of benzene rings is 1. The molecular weight excluding hydrogens is 206 g/mol. The minimum Gasteiger partial charge on any atom is -0.294 e. The third-order valence-corrected chi connectivity index (χ3v) is 3.58. The van der Waals surface area contributed by atoms with Crippen molar-refractivity contribution in [3.05, 3.63) is 29.3 Å². The number of carbonyl (C=O) groups is 1. The van der Waals surface area contributed by atoms with Gasteiger partial charge in [-0.2, -0.15) is 0 Å². The number of halogens is 2. The Kier molecular flexibility index (Phi) is 2.31. The van der Waals surface area contributed by atoms with E-state index in [1.165, 1.54) is 11.8 Å². The summed E-state index contributed by atoms with van der Waals surface area (Å²) in [5.74, 6) is -1.14. The topological polar surface area (TPSA) is 17.1 Å². The second-order valence-electron chi connectivity index (χ2n) is 3.31. The van der Waals surface area contributed by atoms with Crippen molar-refractivity contribution in [2.75, 3.05) is 5.75 Å². The number of ketones is 1. The van der Waals surface area contributed by atoms with Gasteiger partial charge in [0.2, 0.25) is 0 Å². The highest BCUT2D eigenvalue weighted by molar-refractivity contribution is 7.99. The summed E-state index contributed by atoms with van der Waals surface area (Å²) < 4.78 is 26.5. The molecule has 0 saturated carbocycles. The third kappa shape index (κ3) is 1.34. The molecule has 0 aromatic heterocycles. The van der Waals surface area contributed by atoms with Crippen LogP contribution in [0.5, 0.6) is 0 Å². The van der Waals surface area contributed by atoms with Crippen LogP contribution in [-0.2, 0) is 0 Å². The summed E-state index contributed by atoms with van der Waals surface area (Å²) in [6, 6.07) is 2.06. The van der Waals surface area contributed by atoms with Gasteiger partial charge >= 0.3 is 0 Å². The van der Waals surface area contributed by atoms with E-state index in [1.807, 2.05) is 0 Å². The van der Waals surface area contributed by atoms with Crippen LogP contribution in [0.3, 0.4) is 0 Å². The Morgan fingerprint density at radius 3 is 2.71 bits per heavy atom. The number of rotatable bonds is 0. The van der Waals surface area contributed by atoms with E-state index in [0.717, 1.165) is 12.1 Å². The van der Waals surface area contributed by atoms with E-state index in [1.54, 1.807) is 6.92 Å². The lowest BCUT2D eigenvalue weighted by atomic mass is 9.99. The van der Waals surface area contributed by atoms with E-state index in [2.05, 4.69) is 0 Å². The van der Waals surface area contributed by atoms with Crippen molar-refractivity contribution in [3.63, 3.8) is 0 Å². The van der Waals surface area contributed by atoms with Gasteiger partial charge in [-0.1, -0.05) is 6.92 Å². The summed E-state index contributed by atoms with van der Waals surface area (Å²) in [7, 11) is 0. The average Bonchev–Trinajstić information content (AvgIpc) is 2.16. The Labute approximate surface area is 84.5 Å². The first-order valence-corrected chi connectivity index (χ1v) is 5.25. The van der Waals surface area contributed by atoms with Gasteiger partial charge in [0.15, 0.2) is 5.78 Å². The smallest absolute Gasteiger partial charge is 0.170 e. The first-order chi connectivity index (χ1) is 6.61. The summed E-state index contributed by atoms with van der Waals surface area (Å²) in [6.45, 7) is 1.72. The number of carbonyl (C=O) groups excluding carboxylic acids is 1. The van der Waals surface area contributed by atoms with E-state index >= 15 is 0 Å². The first kappa shape index (κ1) is 9.65. The van der Waals surface area contributed by atoms with E-state index < -0.39 is 11.6 Å². The van der Waals surface area contributed by atoms with E-state index in [9.17, 15) is 13.6 Å². The Balaban J connectivity index is 2.64. The predicted molar refractivity (Wildman–Crippen MR) is 50.6 cm³/mol. The predicted octanol–water partition coefficient (Wildman–Crippen LogP) is 2.89. The van der Waals surface area contributed by atoms with Gasteiger partial charge in [0.05, 0.1) is 10.5 Å². The van der Waals surface area contributed by atoms with Gasteiger partial charge in [-0.15, -0.1) is 11.8 Å². The molecule has 1 atom stereocenters. The summed E-state index contributed by atoms with van der Waals surface area (Å²) in [6.07, 6.45) is 0. The number of hydrogen-bond donors (Lipinski definition) is 0. The molecule has 4 heteroatoms. The lowest BCUT2D eigenvalue weighted by Crippen LogP contribution is -2.21. The molecule has 1 nitrogen and oxygen atoms in total. The van der Waals surface area contributed by atoms with E-state index in [4.69, 9.17) is 0 Å². The number of fused-ring (bicyclic) bond motifs is 1. The summed E-state index contributed by atoms with van der Waals surface area (Å²) >= 11 is 1.21. The van der Waals surface area contributed by atoms with Crippen LogP contribution >= 0.6 is 11.8 Å². The Morgan fingerprint density at radius 2 is 2.00 bits per heavy atom. The normalized spacial score (nSPS) is 20.8. The zero-order chi connectivity index (χ0) is 10.3. The zero-order valence-electron chi connectivity index (χ0n) is 7.51. The molecule has 1 unspecified atom stereocenters. The maximum atomic E-state index is 13.3. The van der Waals surface area contributed by atoms with Crippen molar-refractivity contribution >= 4 is 17.5 Å². The van der Waals surface area contributed by atoms with Crippen LogP contribution < -0.4 is 0 Å². The lowest BCUT2D eigenvalue weighted by molar-refractivity contribution is 0.0930. The molecule has 0 amide bonds. The summed E-state index contributed by atoms with van der Waals surface area (Å²) in [4.78, 5) is 11.7. The molecule has 14 heavy (non-hydrogen) atoms. The monoisotopic (exact) mass is 214 g/mol. The Hall–Kier alpha value is -0.900. The molecule has 0 radical (unpaired) electrons. The molecule has 0 fully saturated rings. The molecular formula is C10H8F2OS. The van der Waals surface area contributed by atoms with Crippen molar-refractivity contribution in [2.45, 2.75) is 11.8 Å². The highest BCUT2D eigenvalue weighted by Crippen LogP contribution is 2.35. The van der Waals surface area contributed by atoms with Crippen LogP contribution in [0.4, 0.5) is 8.78 Å². The van der Waals surface area contributed by atoms with Gasteiger partial charge in [-0.05, 0) is 12.1 Å². The standard InChI is InChI=1S/C10H8F2OS/c1-5-4-14-10-7(12)3-2-6(11)8(10)9(5)13/h2-3,5H,4H2,1H3. The van der Waals surface area contributed by atoms with Crippen LogP contribution in [0.15, 0.2) is 17.0 Å². The van der Waals surface area contributed by atoms with Gasteiger partial charge < -0.3 is 0 Å². The minimum atomic E-state index is -0.620. The molecule has 0 N–H and O–H groups in total. The fourth-order valence-electron chi connectivity index (χ4n) is 1.43. The fraction of sp³-hybridized carbons (Fsp3) is 0.300. The summed E-state index contributed by atoms with van der Waals surface area (Å²) in [5, 5.41) is 0. The SMILES string of the molecule is CC1CSc2c(F)ccc(F)c2C1=O. The van der Waals surface area contributed by atoms with Crippen LogP contribution in [0.25, 0.3) is 0 Å². The molecule has 2 rings (SSSR count). The van der Waals surface area contributed by atoms with Crippen LogP contribution in [-0.4, -0.2) is 11.5 Å². The van der Waals surface area contributed by atoms with Crippen LogP contribution in [0, 0.1) is 17.6 Å². The molecule has 1 aliphatic rings. The van der Waals surface area contributed by atoms with Crippen LogP contribution in [0.1, 0.15) is 17.3 Å². The molecule has 0 saturated heterocycles. The minimum absolute atomic E-state index is 0.0752. The number of Topliss-reactive ketones (excluding diaryl/α,β-unsaturated/α-hetero) is 1. The maximum Gasteiger partial charge on any atom is 0.170 e. The highest BCUT2D eigenvalue weighted by atomic mass is 32.2. The zero-order valence-corrected chi connectivity index (χ0v) is 8.33. The van der Waals surface area contributed by atoms with E-state index in [-0.39, 0.29) is 22.2 Å². The molecule has 0 bridgehead atoms. The Bertz CT molecular complexity index is 403. The molecule has 1 aliphatic heterocycles. The molecule has 1 aromatic carbocycles. The molecule has 74 valence electrons. The Morgan fingerprint density at radius 1 is 1.36 bits per heavy atom. The maximum absolute atomic E-state index is 13.3. The third-order valence-electron chi connectivity index (χ3n) is 2.23. The second-order valence-corrected chi connectivity index (χ2v) is 4.34. The van der Waals surface area contributed by atoms with Crippen LogP contribution in [0.2, 0.25) is 0 Å². The second kappa shape index (κ2) is 3.35. The van der Waals surface area contributed by atoms with Crippen molar-refractivity contribution in [1.82, 2.24) is 0 Å². The number of thioether (sulfide) groups is 1. The largest absolute Gasteiger partial charge is 0.294 e. The van der Waals surface area contributed by atoms with Crippen molar-refractivity contribution in [1.29, 1.82) is 0 Å². The van der Waals surface area contributed by atoms with Gasteiger partial charge in [0.25, 0.3) is 0 Å². The quantitative estimate of drug-likeness (QED) is 0.660. The molecule has 0 aliphatic carbocycles. The van der Waals surface area contributed by atoms with Crippen molar-refractivity contribution in [2.24, 2.45) is 5.92 Å². The van der Waals surface area contributed by atoms with Gasteiger partial charge in [-0.3, -0.25) is 4.79 Å². The molecule has 1 aromatic rings. The van der Waals surface area contributed by atoms with Gasteiger partial charge in [-0.25, -0.2) is 8.78 Å². The highest BCUT2D eigenvalue weighted by Gasteiger charge is 2.29. The van der Waals surface area contributed by atoms with Crippen molar-refractivity contribution < 1.29 is 13.6 Å². The number of hydrogen-bond acceptors (Lipinski definition) is 2. The fourth-order valence-corrected chi connectivity index (χ4v) is 2.55. The molecule has 0 spiro atoms. The average molecular weight is 214 g/mol. The van der Waals surface area contributed by atoms with E-state index in [0.29, 0.717) is 5.75 Å². The van der Waals surface area contributed by atoms with Gasteiger partial charge in [0.1, 0.15) is 11.6 Å². The van der Waals surface area contributed by atoms with Crippen molar-refractivity contribution in [3.8, 4) is 0 Å².